The van der Waals surface area contributed by atoms with Crippen LogP contribution in [-0.4, -0.2) is 10.9 Å². The number of aryl methyl sites for hydroxylation is 2. The Hall–Kier alpha value is -1.84. The summed E-state index contributed by atoms with van der Waals surface area (Å²) in [6, 6.07) is 3.12. The van der Waals surface area contributed by atoms with Crippen LogP contribution >= 0.6 is 0 Å². The minimum absolute atomic E-state index is 0.135. The number of rotatable bonds is 2. The minimum Gasteiger partial charge on any atom is -0.369 e. The number of fused-ring (bicyclic) bond motifs is 1. The zero-order valence-corrected chi connectivity index (χ0v) is 9.23. The van der Waals surface area contributed by atoms with Gasteiger partial charge in [0, 0.05) is 11.1 Å². The van der Waals surface area contributed by atoms with E-state index in [4.69, 9.17) is 5.73 Å². The molecule has 0 radical (unpaired) electrons. The van der Waals surface area contributed by atoms with Crippen LogP contribution in [0.2, 0.25) is 0 Å². The number of hydrogen-bond donors (Lipinski definition) is 2. The summed E-state index contributed by atoms with van der Waals surface area (Å²) >= 11 is 0. The first-order valence-corrected chi connectivity index (χ1v) is 5.05. The highest BCUT2D eigenvalue weighted by Gasteiger charge is 2.15. The summed E-state index contributed by atoms with van der Waals surface area (Å²) in [5, 5.41) is 0.774. The first kappa shape index (κ1) is 10.7. The molecule has 0 bridgehead atoms. The van der Waals surface area contributed by atoms with Crippen LogP contribution < -0.4 is 5.73 Å². The third-order valence-corrected chi connectivity index (χ3v) is 2.78. The van der Waals surface area contributed by atoms with Crippen molar-refractivity contribution in [2.24, 2.45) is 5.73 Å². The number of primary amides is 1. The first-order valence-electron chi connectivity index (χ1n) is 5.05. The molecule has 4 heteroatoms. The van der Waals surface area contributed by atoms with E-state index >= 15 is 0 Å². The van der Waals surface area contributed by atoms with Crippen LogP contribution in [0.15, 0.2) is 12.1 Å². The summed E-state index contributed by atoms with van der Waals surface area (Å²) in [6.07, 6.45) is 0.135. The lowest BCUT2D eigenvalue weighted by Gasteiger charge is -2.01. The average molecular weight is 220 g/mol. The summed E-state index contributed by atoms with van der Waals surface area (Å²) in [5.74, 6) is -0.716. The molecule has 3 nitrogen and oxygen atoms in total. The van der Waals surface area contributed by atoms with Crippen LogP contribution in [-0.2, 0) is 11.2 Å². The molecule has 1 amide bonds. The number of H-pyrrole nitrogens is 1. The Balaban J connectivity index is 2.77. The molecular formula is C12H13FN2O. The number of halogens is 1. The zero-order valence-electron chi connectivity index (χ0n) is 9.23. The molecule has 2 rings (SSSR count). The van der Waals surface area contributed by atoms with Crippen molar-refractivity contribution in [3.63, 3.8) is 0 Å². The van der Waals surface area contributed by atoms with Crippen molar-refractivity contribution in [2.45, 2.75) is 20.3 Å². The molecule has 0 unspecified atom stereocenters. The van der Waals surface area contributed by atoms with Gasteiger partial charge in [0.2, 0.25) is 5.91 Å². The van der Waals surface area contributed by atoms with Crippen molar-refractivity contribution in [3.8, 4) is 0 Å². The maximum atomic E-state index is 13.5. The highest BCUT2D eigenvalue weighted by Crippen LogP contribution is 2.27. The molecule has 0 aliphatic carbocycles. The van der Waals surface area contributed by atoms with Gasteiger partial charge in [0.25, 0.3) is 0 Å². The average Bonchev–Trinajstić information content (AvgIpc) is 2.51. The Bertz CT molecular complexity index is 572. The van der Waals surface area contributed by atoms with E-state index < -0.39 is 5.91 Å². The van der Waals surface area contributed by atoms with E-state index in [-0.39, 0.29) is 12.2 Å². The van der Waals surface area contributed by atoms with Crippen molar-refractivity contribution in [2.75, 3.05) is 0 Å². The fourth-order valence-corrected chi connectivity index (χ4v) is 2.04. The van der Waals surface area contributed by atoms with Crippen LogP contribution in [0, 0.1) is 19.7 Å². The summed E-state index contributed by atoms with van der Waals surface area (Å²) in [6.45, 7) is 3.71. The topological polar surface area (TPSA) is 58.9 Å². The molecule has 1 heterocycles. The molecule has 0 saturated carbocycles. The lowest BCUT2D eigenvalue weighted by molar-refractivity contribution is -0.117. The van der Waals surface area contributed by atoms with Gasteiger partial charge >= 0.3 is 0 Å². The molecule has 1 aromatic carbocycles. The quantitative estimate of drug-likeness (QED) is 0.798. The summed E-state index contributed by atoms with van der Waals surface area (Å²) < 4.78 is 13.5. The molecule has 0 saturated heterocycles. The Morgan fingerprint density at radius 1 is 1.44 bits per heavy atom. The molecule has 3 N–H and O–H groups in total. The lowest BCUT2D eigenvalue weighted by Crippen LogP contribution is -2.14. The molecule has 16 heavy (non-hydrogen) atoms. The SMILES string of the molecule is Cc1[nH]c2c(F)ccc(C)c2c1CC(N)=O. The van der Waals surface area contributed by atoms with Crippen LogP contribution in [0.3, 0.4) is 0 Å². The van der Waals surface area contributed by atoms with Gasteiger partial charge in [-0.25, -0.2) is 4.39 Å². The van der Waals surface area contributed by atoms with Gasteiger partial charge < -0.3 is 10.7 Å². The van der Waals surface area contributed by atoms with E-state index in [1.807, 2.05) is 13.8 Å². The largest absolute Gasteiger partial charge is 0.369 e. The first-order chi connectivity index (χ1) is 7.50. The normalized spacial score (nSPS) is 10.9. The number of aromatic amines is 1. The van der Waals surface area contributed by atoms with Gasteiger partial charge in [0.1, 0.15) is 5.82 Å². The Kier molecular flexibility index (Phi) is 2.42. The molecule has 0 aliphatic rings. The second-order valence-corrected chi connectivity index (χ2v) is 3.99. The third kappa shape index (κ3) is 1.56. The van der Waals surface area contributed by atoms with Gasteiger partial charge in [-0.1, -0.05) is 6.07 Å². The van der Waals surface area contributed by atoms with E-state index in [9.17, 15) is 9.18 Å². The van der Waals surface area contributed by atoms with E-state index in [0.29, 0.717) is 5.52 Å². The van der Waals surface area contributed by atoms with Gasteiger partial charge in [-0.3, -0.25) is 4.79 Å². The number of carbonyl (C=O) groups excluding carboxylic acids is 1. The van der Waals surface area contributed by atoms with Crippen molar-refractivity contribution < 1.29 is 9.18 Å². The molecule has 1 aromatic heterocycles. The van der Waals surface area contributed by atoms with Crippen LogP contribution in [0.1, 0.15) is 16.8 Å². The number of nitrogens with one attached hydrogen (secondary N) is 1. The number of hydrogen-bond acceptors (Lipinski definition) is 1. The standard InChI is InChI=1S/C12H13FN2O/c1-6-3-4-9(13)12-11(6)8(5-10(14)16)7(2)15-12/h3-4,15H,5H2,1-2H3,(H2,14,16). The van der Waals surface area contributed by atoms with Gasteiger partial charge in [-0.15, -0.1) is 0 Å². The highest BCUT2D eigenvalue weighted by atomic mass is 19.1. The number of aromatic nitrogens is 1. The monoisotopic (exact) mass is 220 g/mol. The van der Waals surface area contributed by atoms with Gasteiger partial charge in [-0.2, -0.15) is 0 Å². The van der Waals surface area contributed by atoms with Crippen molar-refractivity contribution in [1.29, 1.82) is 0 Å². The second-order valence-electron chi connectivity index (χ2n) is 3.99. The van der Waals surface area contributed by atoms with E-state index in [1.165, 1.54) is 6.07 Å². The summed E-state index contributed by atoms with van der Waals surface area (Å²) in [5.41, 5.74) is 8.16. The smallest absolute Gasteiger partial charge is 0.221 e. The Morgan fingerprint density at radius 2 is 2.12 bits per heavy atom. The number of benzene rings is 1. The maximum Gasteiger partial charge on any atom is 0.221 e. The fourth-order valence-electron chi connectivity index (χ4n) is 2.04. The predicted molar refractivity (Wildman–Crippen MR) is 60.6 cm³/mol. The number of amides is 1. The summed E-state index contributed by atoms with van der Waals surface area (Å²) in [4.78, 5) is 13.9. The van der Waals surface area contributed by atoms with Crippen LogP contribution in [0.5, 0.6) is 0 Å². The van der Waals surface area contributed by atoms with E-state index in [2.05, 4.69) is 4.98 Å². The maximum absolute atomic E-state index is 13.5. The fraction of sp³-hybridized carbons (Fsp3) is 0.250. The van der Waals surface area contributed by atoms with Crippen LogP contribution in [0.4, 0.5) is 4.39 Å². The van der Waals surface area contributed by atoms with Crippen molar-refractivity contribution in [1.82, 2.24) is 4.98 Å². The molecule has 0 fully saturated rings. The Morgan fingerprint density at radius 3 is 2.75 bits per heavy atom. The zero-order chi connectivity index (χ0) is 11.9. The van der Waals surface area contributed by atoms with Crippen molar-refractivity contribution in [3.05, 3.63) is 34.8 Å². The lowest BCUT2D eigenvalue weighted by atomic mass is 10.0. The highest BCUT2D eigenvalue weighted by molar-refractivity contribution is 5.92. The van der Waals surface area contributed by atoms with Crippen molar-refractivity contribution >= 4 is 16.8 Å². The molecule has 0 atom stereocenters. The minimum atomic E-state index is -0.410. The molecular weight excluding hydrogens is 207 g/mol. The molecule has 84 valence electrons. The van der Waals surface area contributed by atoms with Gasteiger partial charge in [0.15, 0.2) is 0 Å². The van der Waals surface area contributed by atoms with E-state index in [0.717, 1.165) is 22.2 Å². The van der Waals surface area contributed by atoms with E-state index in [1.54, 1.807) is 6.07 Å². The number of nitrogens with two attached hydrogens (primary N) is 1. The molecule has 0 spiro atoms. The molecule has 0 aliphatic heterocycles. The number of carbonyl (C=O) groups is 1. The van der Waals surface area contributed by atoms with Gasteiger partial charge in [0.05, 0.1) is 11.9 Å². The van der Waals surface area contributed by atoms with Crippen LogP contribution in [0.25, 0.3) is 10.9 Å². The van der Waals surface area contributed by atoms with Gasteiger partial charge in [-0.05, 0) is 31.0 Å². The second kappa shape index (κ2) is 3.63. The molecule has 2 aromatic rings. The predicted octanol–water partition coefficient (Wildman–Crippen LogP) is 1.95. The Labute approximate surface area is 92.4 Å². The third-order valence-electron chi connectivity index (χ3n) is 2.78. The summed E-state index contributed by atoms with van der Waals surface area (Å²) in [7, 11) is 0.